The van der Waals surface area contributed by atoms with Gasteiger partial charge >= 0.3 is 0 Å². The molecule has 2 aromatic carbocycles. The zero-order valence-electron chi connectivity index (χ0n) is 18.8. The smallest absolute Gasteiger partial charge is 0.254 e. The van der Waals surface area contributed by atoms with E-state index in [0.29, 0.717) is 48.0 Å². The van der Waals surface area contributed by atoms with Crippen molar-refractivity contribution >= 4 is 29.4 Å². The van der Waals surface area contributed by atoms with E-state index < -0.39 is 6.10 Å². The maximum absolute atomic E-state index is 13.2. The van der Waals surface area contributed by atoms with Gasteiger partial charge in [0, 0.05) is 57.7 Å². The monoisotopic (exact) mass is 467 g/mol. The summed E-state index contributed by atoms with van der Waals surface area (Å²) in [5.74, 6) is -0.0959. The second kappa shape index (κ2) is 10.4. The summed E-state index contributed by atoms with van der Waals surface area (Å²) in [7, 11) is 1.65. The van der Waals surface area contributed by atoms with Crippen molar-refractivity contribution in [2.45, 2.75) is 25.5 Å². The van der Waals surface area contributed by atoms with Crippen LogP contribution in [0.1, 0.15) is 27.0 Å². The number of halogens is 1. The lowest BCUT2D eigenvalue weighted by molar-refractivity contribution is 0.0493. The highest BCUT2D eigenvalue weighted by Crippen LogP contribution is 2.30. The first-order valence-electron chi connectivity index (χ1n) is 11.2. The average molecular weight is 468 g/mol. The Labute approximate surface area is 199 Å². The number of nitrogens with zero attached hydrogens (tertiary/aromatic N) is 3. The van der Waals surface area contributed by atoms with Gasteiger partial charge in [0.05, 0.1) is 22.5 Å². The molecule has 0 saturated carbocycles. The largest absolute Gasteiger partial charge is 0.403 e. The van der Waals surface area contributed by atoms with Gasteiger partial charge in [-0.05, 0) is 41.7 Å². The van der Waals surface area contributed by atoms with Crippen molar-refractivity contribution in [3.63, 3.8) is 0 Å². The Balaban J connectivity index is 1.41. The number of hydrogen-bond donors (Lipinski definition) is 3. The third kappa shape index (κ3) is 5.38. The van der Waals surface area contributed by atoms with Gasteiger partial charge in [-0.1, -0.05) is 35.9 Å². The summed E-state index contributed by atoms with van der Waals surface area (Å²) in [5, 5.41) is 14.4. The Morgan fingerprint density at radius 1 is 1.21 bits per heavy atom. The quantitative estimate of drug-likeness (QED) is 0.544. The number of aliphatic hydroxyl groups is 1. The third-order valence-electron chi connectivity index (χ3n) is 6.20. The van der Waals surface area contributed by atoms with Crippen molar-refractivity contribution in [3.8, 4) is 0 Å². The van der Waals surface area contributed by atoms with Crippen molar-refractivity contribution < 1.29 is 9.90 Å². The molecule has 0 saturated heterocycles. The summed E-state index contributed by atoms with van der Waals surface area (Å²) in [6.45, 7) is 3.15. The topological polar surface area (TPSA) is 94.2 Å². The predicted molar refractivity (Wildman–Crippen MR) is 133 cm³/mol. The minimum atomic E-state index is -0.613. The van der Waals surface area contributed by atoms with Crippen LogP contribution in [-0.4, -0.2) is 66.4 Å². The average Bonchev–Trinajstić information content (AvgIpc) is 2.81. The number of allylic oxidation sites excluding steroid dienone is 1. The molecule has 2 aromatic rings. The molecule has 1 unspecified atom stereocenters. The molecular formula is C25H30ClN5O2. The number of benzene rings is 2. The van der Waals surface area contributed by atoms with E-state index in [4.69, 9.17) is 17.3 Å². The molecule has 33 heavy (non-hydrogen) atoms. The van der Waals surface area contributed by atoms with Gasteiger partial charge in [-0.2, -0.15) is 0 Å². The minimum Gasteiger partial charge on any atom is -0.403 e. The van der Waals surface area contributed by atoms with Crippen LogP contribution >= 0.6 is 11.6 Å². The van der Waals surface area contributed by atoms with Crippen LogP contribution in [0.4, 0.5) is 5.69 Å². The summed E-state index contributed by atoms with van der Waals surface area (Å²) in [5.41, 5.74) is 11.0. The zero-order chi connectivity index (χ0) is 23.4. The van der Waals surface area contributed by atoms with E-state index in [2.05, 4.69) is 39.5 Å². The fourth-order valence-corrected chi connectivity index (χ4v) is 4.78. The van der Waals surface area contributed by atoms with Crippen LogP contribution in [0.3, 0.4) is 0 Å². The number of anilines is 1. The zero-order valence-corrected chi connectivity index (χ0v) is 19.6. The lowest BCUT2D eigenvalue weighted by Crippen LogP contribution is -2.46. The van der Waals surface area contributed by atoms with Gasteiger partial charge in [0.1, 0.15) is 0 Å². The van der Waals surface area contributed by atoms with Gasteiger partial charge in [-0.15, -0.1) is 0 Å². The van der Waals surface area contributed by atoms with Crippen molar-refractivity contribution in [2.24, 2.45) is 10.7 Å². The number of aliphatic imine (C=N–C) groups is 1. The second-order valence-electron chi connectivity index (χ2n) is 8.53. The number of carbonyl (C=O) groups is 1. The molecule has 2 heterocycles. The molecule has 1 atom stereocenters. The normalized spacial score (nSPS) is 17.7. The molecule has 0 radical (unpaired) electrons. The highest BCUT2D eigenvalue weighted by Gasteiger charge is 2.28. The van der Waals surface area contributed by atoms with Crippen LogP contribution < -0.4 is 11.1 Å². The van der Waals surface area contributed by atoms with Crippen LogP contribution in [0, 0.1) is 0 Å². The molecule has 0 aromatic heterocycles. The Morgan fingerprint density at radius 2 is 1.97 bits per heavy atom. The Kier molecular flexibility index (Phi) is 7.33. The first-order chi connectivity index (χ1) is 16.0. The molecule has 8 heteroatoms. The third-order valence-corrected chi connectivity index (χ3v) is 6.51. The van der Waals surface area contributed by atoms with Crippen molar-refractivity contribution in [1.82, 2.24) is 9.80 Å². The molecule has 4 N–H and O–H groups in total. The molecule has 0 fully saturated rings. The summed E-state index contributed by atoms with van der Waals surface area (Å²) in [6, 6.07) is 12.0. The molecule has 0 aliphatic carbocycles. The van der Waals surface area contributed by atoms with Crippen molar-refractivity contribution in [2.75, 3.05) is 38.5 Å². The molecule has 2 aliphatic rings. The van der Waals surface area contributed by atoms with E-state index >= 15 is 0 Å². The summed E-state index contributed by atoms with van der Waals surface area (Å²) < 4.78 is 0. The fraction of sp³-hybridized carbons (Fsp3) is 0.360. The number of aliphatic hydroxyl groups excluding tert-OH is 1. The molecule has 4 rings (SSSR count). The van der Waals surface area contributed by atoms with Gasteiger partial charge in [-0.3, -0.25) is 14.7 Å². The SMILES string of the molecule is CN=CC(=CN)Nc1cc2c(cc1Cl)CCN(CC(O)CN1CCc3ccccc3C1)C2=O. The van der Waals surface area contributed by atoms with Crippen LogP contribution in [0.15, 0.2) is 53.3 Å². The Hall–Kier alpha value is -2.87. The number of carbonyl (C=O) groups excluding carboxylic acids is 1. The first-order valence-corrected chi connectivity index (χ1v) is 11.6. The summed E-state index contributed by atoms with van der Waals surface area (Å²) >= 11 is 6.43. The lowest BCUT2D eigenvalue weighted by Gasteiger charge is -2.34. The first kappa shape index (κ1) is 23.3. The standard InChI is InChI=1S/C25H30ClN5O2/c1-28-13-20(12-27)29-24-11-22-18(10-23(24)26)7-9-31(25(22)33)16-21(32)15-30-8-6-17-4-2-3-5-19(17)14-30/h2-5,10-13,21,29,32H,6-9,14-16,27H2,1H3. The van der Waals surface area contributed by atoms with E-state index in [0.717, 1.165) is 25.1 Å². The number of β-amino-alcohol motifs (C(OH)–C–C–N with tert-alkyl or cyclic N) is 1. The molecule has 7 nitrogen and oxygen atoms in total. The van der Waals surface area contributed by atoms with Gasteiger partial charge in [-0.25, -0.2) is 0 Å². The van der Waals surface area contributed by atoms with Gasteiger partial charge < -0.3 is 21.1 Å². The number of hydrogen-bond acceptors (Lipinski definition) is 6. The van der Waals surface area contributed by atoms with Crippen LogP contribution in [0.2, 0.25) is 5.02 Å². The van der Waals surface area contributed by atoms with Gasteiger partial charge in [0.15, 0.2) is 0 Å². The van der Waals surface area contributed by atoms with Gasteiger partial charge in [0.2, 0.25) is 0 Å². The van der Waals surface area contributed by atoms with Crippen LogP contribution in [0.5, 0.6) is 0 Å². The number of nitrogens with one attached hydrogen (secondary N) is 1. The van der Waals surface area contributed by atoms with E-state index in [1.807, 2.05) is 6.07 Å². The maximum Gasteiger partial charge on any atom is 0.254 e. The fourth-order valence-electron chi connectivity index (χ4n) is 4.55. The number of fused-ring (bicyclic) bond motifs is 2. The second-order valence-corrected chi connectivity index (χ2v) is 8.94. The molecule has 1 amide bonds. The summed E-state index contributed by atoms with van der Waals surface area (Å²) in [6.07, 6.45) is 4.04. The Morgan fingerprint density at radius 3 is 2.73 bits per heavy atom. The van der Waals surface area contributed by atoms with Gasteiger partial charge in [0.25, 0.3) is 5.91 Å². The number of amides is 1. The van der Waals surface area contributed by atoms with E-state index in [9.17, 15) is 9.90 Å². The van der Waals surface area contributed by atoms with Crippen LogP contribution in [-0.2, 0) is 19.4 Å². The molecule has 174 valence electrons. The Bertz CT molecular complexity index is 1080. The minimum absolute atomic E-state index is 0.0959. The number of nitrogens with two attached hydrogens (primary N) is 1. The molecular weight excluding hydrogens is 438 g/mol. The van der Waals surface area contributed by atoms with Crippen molar-refractivity contribution in [1.29, 1.82) is 0 Å². The predicted octanol–water partition coefficient (Wildman–Crippen LogP) is 2.67. The molecule has 0 spiro atoms. The van der Waals surface area contributed by atoms with E-state index in [1.54, 1.807) is 24.2 Å². The van der Waals surface area contributed by atoms with Crippen molar-refractivity contribution in [3.05, 3.63) is 75.6 Å². The van der Waals surface area contributed by atoms with Crippen LogP contribution in [0.25, 0.3) is 0 Å². The maximum atomic E-state index is 13.2. The number of rotatable bonds is 7. The summed E-state index contributed by atoms with van der Waals surface area (Å²) in [4.78, 5) is 21.2. The molecule has 2 aliphatic heterocycles. The highest BCUT2D eigenvalue weighted by molar-refractivity contribution is 6.33. The lowest BCUT2D eigenvalue weighted by atomic mass is 9.97. The molecule has 0 bridgehead atoms. The highest BCUT2D eigenvalue weighted by atomic mass is 35.5. The van der Waals surface area contributed by atoms with E-state index in [1.165, 1.54) is 17.3 Å². The van der Waals surface area contributed by atoms with E-state index in [-0.39, 0.29) is 5.91 Å².